The predicted octanol–water partition coefficient (Wildman–Crippen LogP) is 2.26. The Labute approximate surface area is 167 Å². The van der Waals surface area contributed by atoms with Crippen LogP contribution >= 0.6 is 0 Å². The Kier molecular flexibility index (Phi) is 5.54. The van der Waals surface area contributed by atoms with Gasteiger partial charge in [0, 0.05) is 49.7 Å². The van der Waals surface area contributed by atoms with E-state index in [9.17, 15) is 8.78 Å². The third-order valence-electron chi connectivity index (χ3n) is 5.21. The van der Waals surface area contributed by atoms with Gasteiger partial charge in [0.1, 0.15) is 11.6 Å². The van der Waals surface area contributed by atoms with Gasteiger partial charge in [0.25, 0.3) is 6.43 Å². The number of nitrogen functional groups attached to an aromatic ring is 1. The van der Waals surface area contributed by atoms with Gasteiger partial charge in [0.05, 0.1) is 18.8 Å². The van der Waals surface area contributed by atoms with Crippen molar-refractivity contribution in [1.82, 2.24) is 14.9 Å². The van der Waals surface area contributed by atoms with Crippen molar-refractivity contribution in [3.63, 3.8) is 0 Å². The molecule has 8 nitrogen and oxygen atoms in total. The molecular formula is C19H23F2N7O. The van der Waals surface area contributed by atoms with Gasteiger partial charge in [0.15, 0.2) is 0 Å². The second-order valence-corrected chi connectivity index (χ2v) is 7.07. The lowest BCUT2D eigenvalue weighted by atomic mass is 10.1. The fourth-order valence-corrected chi connectivity index (χ4v) is 3.63. The molecule has 0 radical (unpaired) electrons. The van der Waals surface area contributed by atoms with Crippen LogP contribution in [0.3, 0.4) is 0 Å². The number of aromatic nitrogens is 2. The highest BCUT2D eigenvalue weighted by Crippen LogP contribution is 2.31. The number of ether oxygens (including phenoxy) is 1. The summed E-state index contributed by atoms with van der Waals surface area (Å²) in [5, 5.41) is 10.9. The lowest BCUT2D eigenvalue weighted by molar-refractivity contribution is 0.0104. The molecule has 0 spiro atoms. The molecule has 4 rings (SSSR count). The molecule has 1 aromatic heterocycles. The van der Waals surface area contributed by atoms with Crippen molar-refractivity contribution < 1.29 is 13.5 Å². The van der Waals surface area contributed by atoms with Gasteiger partial charge in [-0.15, -0.1) is 0 Å². The number of morpholine rings is 1. The summed E-state index contributed by atoms with van der Waals surface area (Å²) in [5.41, 5.74) is 6.73. The molecule has 0 bridgehead atoms. The van der Waals surface area contributed by atoms with Crippen molar-refractivity contribution in [2.75, 3.05) is 55.3 Å². The molecule has 0 saturated carbocycles. The molecule has 2 aliphatic heterocycles. The SMILES string of the molecule is N=Cc1c(Nc2cccc(C(F)F)c2)nc(N)nc1N1CC(N2CCOCC2)C1. The first-order valence-corrected chi connectivity index (χ1v) is 9.45. The largest absolute Gasteiger partial charge is 0.379 e. The third-order valence-corrected chi connectivity index (χ3v) is 5.21. The number of hydrogen-bond acceptors (Lipinski definition) is 8. The molecule has 2 aromatic rings. The minimum atomic E-state index is -2.57. The van der Waals surface area contributed by atoms with Crippen molar-refractivity contribution in [3.8, 4) is 0 Å². The van der Waals surface area contributed by atoms with Crippen LogP contribution in [-0.4, -0.2) is 66.5 Å². The van der Waals surface area contributed by atoms with Crippen molar-refractivity contribution in [3.05, 3.63) is 35.4 Å². The topological polar surface area (TPSA) is 103 Å². The van der Waals surface area contributed by atoms with Crippen LogP contribution < -0.4 is 16.0 Å². The summed E-state index contributed by atoms with van der Waals surface area (Å²) >= 11 is 0. The van der Waals surface area contributed by atoms with Gasteiger partial charge >= 0.3 is 0 Å². The Morgan fingerprint density at radius 2 is 2.00 bits per heavy atom. The molecule has 0 aliphatic carbocycles. The van der Waals surface area contributed by atoms with E-state index in [-0.39, 0.29) is 11.5 Å². The van der Waals surface area contributed by atoms with E-state index in [2.05, 4.69) is 25.1 Å². The summed E-state index contributed by atoms with van der Waals surface area (Å²) in [4.78, 5) is 13.0. The lowest BCUT2D eigenvalue weighted by Crippen LogP contribution is -2.62. The first-order valence-electron chi connectivity index (χ1n) is 9.45. The number of hydrogen-bond donors (Lipinski definition) is 3. The molecule has 1 aromatic carbocycles. The van der Waals surface area contributed by atoms with Crippen LogP contribution in [0.2, 0.25) is 0 Å². The quantitative estimate of drug-likeness (QED) is 0.636. The molecule has 29 heavy (non-hydrogen) atoms. The Morgan fingerprint density at radius 1 is 1.24 bits per heavy atom. The Bertz CT molecular complexity index is 883. The summed E-state index contributed by atoms with van der Waals surface area (Å²) in [6.45, 7) is 4.86. The molecule has 4 N–H and O–H groups in total. The van der Waals surface area contributed by atoms with Gasteiger partial charge in [-0.3, -0.25) is 4.90 Å². The number of anilines is 4. The van der Waals surface area contributed by atoms with Crippen LogP contribution in [0.25, 0.3) is 0 Å². The van der Waals surface area contributed by atoms with E-state index in [1.807, 2.05) is 0 Å². The maximum Gasteiger partial charge on any atom is 0.263 e. The molecule has 10 heteroatoms. The maximum absolute atomic E-state index is 13.0. The zero-order valence-electron chi connectivity index (χ0n) is 15.8. The van der Waals surface area contributed by atoms with Crippen molar-refractivity contribution in [2.45, 2.75) is 12.5 Å². The summed E-state index contributed by atoms with van der Waals surface area (Å²) in [7, 11) is 0. The summed E-state index contributed by atoms with van der Waals surface area (Å²) in [6, 6.07) is 6.33. The number of nitrogens with two attached hydrogens (primary N) is 1. The van der Waals surface area contributed by atoms with E-state index in [4.69, 9.17) is 15.9 Å². The molecule has 0 unspecified atom stereocenters. The van der Waals surface area contributed by atoms with E-state index < -0.39 is 6.43 Å². The second-order valence-electron chi connectivity index (χ2n) is 7.07. The maximum atomic E-state index is 13.0. The molecule has 2 aliphatic rings. The van der Waals surface area contributed by atoms with Crippen molar-refractivity contribution >= 4 is 29.5 Å². The number of nitrogens with zero attached hydrogens (tertiary/aromatic N) is 4. The molecule has 2 saturated heterocycles. The van der Waals surface area contributed by atoms with Gasteiger partial charge in [-0.25, -0.2) is 8.78 Å². The van der Waals surface area contributed by atoms with Crippen LogP contribution in [0.15, 0.2) is 24.3 Å². The van der Waals surface area contributed by atoms with Crippen LogP contribution in [0.4, 0.5) is 32.1 Å². The minimum Gasteiger partial charge on any atom is -0.379 e. The monoisotopic (exact) mass is 403 g/mol. The molecular weight excluding hydrogens is 380 g/mol. The van der Waals surface area contributed by atoms with Crippen LogP contribution in [-0.2, 0) is 4.74 Å². The standard InChI is InChI=1S/C19H23F2N7O/c20-16(21)12-2-1-3-13(8-12)24-17-15(9-22)18(26-19(23)25-17)28-10-14(11-28)27-4-6-29-7-5-27/h1-3,8-9,14,16,22H,4-7,10-11H2,(H3,23,24,25,26). The summed E-state index contributed by atoms with van der Waals surface area (Å²) in [5.74, 6) is 0.959. The first kappa shape index (κ1) is 19.5. The molecule has 0 amide bonds. The fourth-order valence-electron chi connectivity index (χ4n) is 3.63. The fraction of sp³-hybridized carbons (Fsp3) is 0.421. The summed E-state index contributed by atoms with van der Waals surface area (Å²) in [6.07, 6.45) is -1.40. The lowest BCUT2D eigenvalue weighted by Gasteiger charge is -2.47. The van der Waals surface area contributed by atoms with Crippen LogP contribution in [0, 0.1) is 5.41 Å². The number of benzene rings is 1. The van der Waals surface area contributed by atoms with Crippen molar-refractivity contribution in [1.29, 1.82) is 5.41 Å². The smallest absolute Gasteiger partial charge is 0.263 e. The predicted molar refractivity (Wildman–Crippen MR) is 107 cm³/mol. The number of halogens is 2. The number of rotatable bonds is 6. The van der Waals surface area contributed by atoms with Gasteiger partial charge < -0.3 is 26.1 Å². The molecule has 2 fully saturated rings. The summed E-state index contributed by atoms with van der Waals surface area (Å²) < 4.78 is 31.4. The van der Waals surface area contributed by atoms with Crippen molar-refractivity contribution in [2.24, 2.45) is 0 Å². The number of alkyl halides is 2. The van der Waals surface area contributed by atoms with Gasteiger partial charge in [-0.1, -0.05) is 12.1 Å². The third kappa shape index (κ3) is 4.13. The van der Waals surface area contributed by atoms with Gasteiger partial charge in [0.2, 0.25) is 5.95 Å². The second kappa shape index (κ2) is 8.26. The molecule has 3 heterocycles. The molecule has 154 valence electrons. The Balaban J connectivity index is 1.54. The van der Waals surface area contributed by atoms with E-state index in [0.29, 0.717) is 28.9 Å². The average molecular weight is 403 g/mol. The first-order chi connectivity index (χ1) is 14.0. The van der Waals surface area contributed by atoms with Crippen LogP contribution in [0.1, 0.15) is 17.6 Å². The van der Waals surface area contributed by atoms with E-state index >= 15 is 0 Å². The molecule has 0 atom stereocenters. The van der Waals surface area contributed by atoms with E-state index in [1.54, 1.807) is 12.1 Å². The van der Waals surface area contributed by atoms with E-state index in [1.165, 1.54) is 12.1 Å². The minimum absolute atomic E-state index is 0.0629. The van der Waals surface area contributed by atoms with Gasteiger partial charge in [-0.05, 0) is 12.1 Å². The highest BCUT2D eigenvalue weighted by Gasteiger charge is 2.35. The highest BCUT2D eigenvalue weighted by molar-refractivity contribution is 5.93. The van der Waals surface area contributed by atoms with Gasteiger partial charge in [-0.2, -0.15) is 9.97 Å². The number of nitrogens with one attached hydrogen (secondary N) is 2. The zero-order chi connectivity index (χ0) is 20.4. The zero-order valence-corrected chi connectivity index (χ0v) is 15.8. The van der Waals surface area contributed by atoms with E-state index in [0.717, 1.165) is 45.6 Å². The average Bonchev–Trinajstić information content (AvgIpc) is 2.68. The highest BCUT2D eigenvalue weighted by atomic mass is 19.3. The normalized spacial score (nSPS) is 18.0. The Morgan fingerprint density at radius 3 is 2.69 bits per heavy atom. The Hall–Kier alpha value is -2.85. The van der Waals surface area contributed by atoms with Crippen LogP contribution in [0.5, 0.6) is 0 Å².